The third kappa shape index (κ3) is 7.65. The van der Waals surface area contributed by atoms with E-state index in [4.69, 9.17) is 10.8 Å². The molecule has 0 aromatic rings. The predicted octanol–water partition coefficient (Wildman–Crippen LogP) is 1.03. The first-order valence-corrected chi connectivity index (χ1v) is 6.22. The van der Waals surface area contributed by atoms with Gasteiger partial charge in [0.15, 0.2) is 0 Å². The largest absolute Gasteiger partial charge is 0.394 e. The summed E-state index contributed by atoms with van der Waals surface area (Å²) in [5, 5.41) is 11.9. The standard InChI is InChI=1S/C12H26N2O2/c1-10(2)11(9-15)14-12(16)7-5-3-4-6-8-13/h10-11,15H,3-9,13H2,1-2H3,(H,14,16). The summed E-state index contributed by atoms with van der Waals surface area (Å²) >= 11 is 0. The Bertz CT molecular complexity index is 184. The number of unbranched alkanes of at least 4 members (excludes halogenated alkanes) is 3. The van der Waals surface area contributed by atoms with Crippen LogP contribution in [0.4, 0.5) is 0 Å². The minimum Gasteiger partial charge on any atom is -0.394 e. The third-order valence-corrected chi connectivity index (χ3v) is 2.71. The first kappa shape index (κ1) is 15.4. The predicted molar refractivity (Wildman–Crippen MR) is 66.0 cm³/mol. The fourth-order valence-electron chi connectivity index (χ4n) is 1.49. The molecule has 4 nitrogen and oxygen atoms in total. The van der Waals surface area contributed by atoms with E-state index in [1.807, 2.05) is 13.8 Å². The van der Waals surface area contributed by atoms with Gasteiger partial charge in [0.1, 0.15) is 0 Å². The highest BCUT2D eigenvalue weighted by Gasteiger charge is 2.14. The Balaban J connectivity index is 3.57. The molecule has 96 valence electrons. The van der Waals surface area contributed by atoms with E-state index >= 15 is 0 Å². The van der Waals surface area contributed by atoms with Gasteiger partial charge in [-0.05, 0) is 25.3 Å². The van der Waals surface area contributed by atoms with Crippen LogP contribution in [-0.2, 0) is 4.79 Å². The van der Waals surface area contributed by atoms with Crippen molar-refractivity contribution in [3.63, 3.8) is 0 Å². The summed E-state index contributed by atoms with van der Waals surface area (Å²) in [7, 11) is 0. The van der Waals surface area contributed by atoms with Gasteiger partial charge in [-0.3, -0.25) is 4.79 Å². The second kappa shape index (κ2) is 9.60. The molecule has 0 aromatic heterocycles. The number of hydrogen-bond acceptors (Lipinski definition) is 3. The highest BCUT2D eigenvalue weighted by atomic mass is 16.3. The molecule has 0 aliphatic heterocycles. The van der Waals surface area contributed by atoms with Crippen LogP contribution >= 0.6 is 0 Å². The molecule has 4 N–H and O–H groups in total. The van der Waals surface area contributed by atoms with E-state index in [-0.39, 0.29) is 24.5 Å². The van der Waals surface area contributed by atoms with E-state index in [9.17, 15) is 4.79 Å². The smallest absolute Gasteiger partial charge is 0.220 e. The molecular formula is C12H26N2O2. The van der Waals surface area contributed by atoms with Gasteiger partial charge in [-0.25, -0.2) is 0 Å². The molecule has 0 aliphatic carbocycles. The molecule has 0 radical (unpaired) electrons. The molecule has 1 amide bonds. The Morgan fingerprint density at radius 3 is 2.38 bits per heavy atom. The van der Waals surface area contributed by atoms with Crippen molar-refractivity contribution in [3.05, 3.63) is 0 Å². The second-order valence-electron chi connectivity index (χ2n) is 4.55. The Hall–Kier alpha value is -0.610. The van der Waals surface area contributed by atoms with E-state index in [2.05, 4.69) is 5.32 Å². The van der Waals surface area contributed by atoms with Gasteiger partial charge in [0.05, 0.1) is 12.6 Å². The molecule has 1 atom stereocenters. The second-order valence-corrected chi connectivity index (χ2v) is 4.55. The average Bonchev–Trinajstić information content (AvgIpc) is 2.25. The number of amides is 1. The van der Waals surface area contributed by atoms with Crippen LogP contribution in [0.2, 0.25) is 0 Å². The van der Waals surface area contributed by atoms with Crippen molar-refractivity contribution in [3.8, 4) is 0 Å². The molecule has 16 heavy (non-hydrogen) atoms. The van der Waals surface area contributed by atoms with Crippen LogP contribution in [0.1, 0.15) is 46.0 Å². The Morgan fingerprint density at radius 1 is 1.25 bits per heavy atom. The Labute approximate surface area is 98.6 Å². The fraction of sp³-hybridized carbons (Fsp3) is 0.917. The number of aliphatic hydroxyl groups is 1. The molecule has 0 bridgehead atoms. The average molecular weight is 230 g/mol. The number of rotatable bonds is 9. The summed E-state index contributed by atoms with van der Waals surface area (Å²) < 4.78 is 0. The van der Waals surface area contributed by atoms with Crippen molar-refractivity contribution in [2.75, 3.05) is 13.2 Å². The SMILES string of the molecule is CC(C)C(CO)NC(=O)CCCCCCN. The highest BCUT2D eigenvalue weighted by Crippen LogP contribution is 2.04. The van der Waals surface area contributed by atoms with Crippen molar-refractivity contribution < 1.29 is 9.90 Å². The van der Waals surface area contributed by atoms with Crippen LogP contribution in [0.5, 0.6) is 0 Å². The summed E-state index contributed by atoms with van der Waals surface area (Å²) in [6, 6.07) is -0.114. The molecule has 0 aromatic carbocycles. The quantitative estimate of drug-likeness (QED) is 0.518. The van der Waals surface area contributed by atoms with E-state index in [0.29, 0.717) is 6.42 Å². The zero-order chi connectivity index (χ0) is 12.4. The normalized spacial score (nSPS) is 12.8. The van der Waals surface area contributed by atoms with Crippen molar-refractivity contribution >= 4 is 5.91 Å². The molecule has 0 spiro atoms. The van der Waals surface area contributed by atoms with Crippen molar-refractivity contribution in [2.45, 2.75) is 52.0 Å². The number of nitrogens with two attached hydrogens (primary N) is 1. The van der Waals surface area contributed by atoms with Gasteiger partial charge in [-0.1, -0.05) is 26.7 Å². The van der Waals surface area contributed by atoms with Gasteiger partial charge in [0.2, 0.25) is 5.91 Å². The van der Waals surface area contributed by atoms with Crippen LogP contribution in [0, 0.1) is 5.92 Å². The lowest BCUT2D eigenvalue weighted by Crippen LogP contribution is -2.41. The van der Waals surface area contributed by atoms with Crippen LogP contribution < -0.4 is 11.1 Å². The monoisotopic (exact) mass is 230 g/mol. The van der Waals surface area contributed by atoms with Gasteiger partial charge in [0.25, 0.3) is 0 Å². The molecule has 1 unspecified atom stereocenters. The van der Waals surface area contributed by atoms with Gasteiger partial charge < -0.3 is 16.2 Å². The first-order valence-electron chi connectivity index (χ1n) is 6.22. The lowest BCUT2D eigenvalue weighted by atomic mass is 10.0. The molecule has 0 saturated carbocycles. The lowest BCUT2D eigenvalue weighted by molar-refractivity contribution is -0.122. The minimum absolute atomic E-state index is 0.0105. The molecular weight excluding hydrogens is 204 g/mol. The molecule has 0 rings (SSSR count). The fourth-order valence-corrected chi connectivity index (χ4v) is 1.49. The van der Waals surface area contributed by atoms with E-state index in [1.54, 1.807) is 0 Å². The van der Waals surface area contributed by atoms with Gasteiger partial charge >= 0.3 is 0 Å². The molecule has 4 heteroatoms. The van der Waals surface area contributed by atoms with Crippen molar-refractivity contribution in [2.24, 2.45) is 11.7 Å². The summed E-state index contributed by atoms with van der Waals surface area (Å²) in [6.07, 6.45) is 4.64. The number of nitrogens with one attached hydrogen (secondary N) is 1. The molecule has 0 heterocycles. The van der Waals surface area contributed by atoms with Crippen molar-refractivity contribution in [1.82, 2.24) is 5.32 Å². The molecule has 0 saturated heterocycles. The Morgan fingerprint density at radius 2 is 1.88 bits per heavy atom. The summed E-state index contributed by atoms with van der Waals surface area (Å²) in [4.78, 5) is 11.5. The maximum atomic E-state index is 11.5. The maximum absolute atomic E-state index is 11.5. The van der Waals surface area contributed by atoms with Gasteiger partial charge in [-0.15, -0.1) is 0 Å². The highest BCUT2D eigenvalue weighted by molar-refractivity contribution is 5.76. The lowest BCUT2D eigenvalue weighted by Gasteiger charge is -2.19. The molecule has 0 aliphatic rings. The van der Waals surface area contributed by atoms with Gasteiger partial charge in [-0.2, -0.15) is 0 Å². The summed E-state index contributed by atoms with van der Waals surface area (Å²) in [5.74, 6) is 0.312. The van der Waals surface area contributed by atoms with Crippen LogP contribution in [0.3, 0.4) is 0 Å². The topological polar surface area (TPSA) is 75.3 Å². The molecule has 0 fully saturated rings. The third-order valence-electron chi connectivity index (χ3n) is 2.71. The first-order chi connectivity index (χ1) is 7.61. The zero-order valence-electron chi connectivity index (χ0n) is 10.5. The van der Waals surface area contributed by atoms with Gasteiger partial charge in [0, 0.05) is 6.42 Å². The summed E-state index contributed by atoms with van der Waals surface area (Å²) in [6.45, 7) is 4.72. The maximum Gasteiger partial charge on any atom is 0.220 e. The number of aliphatic hydroxyl groups excluding tert-OH is 1. The number of carbonyl (C=O) groups excluding carboxylic acids is 1. The summed E-state index contributed by atoms with van der Waals surface area (Å²) in [5.41, 5.74) is 5.38. The number of carbonyl (C=O) groups is 1. The van der Waals surface area contributed by atoms with Crippen molar-refractivity contribution in [1.29, 1.82) is 0 Å². The number of hydrogen-bond donors (Lipinski definition) is 3. The zero-order valence-corrected chi connectivity index (χ0v) is 10.5. The Kier molecular flexibility index (Phi) is 9.24. The van der Waals surface area contributed by atoms with Crippen LogP contribution in [0.15, 0.2) is 0 Å². The van der Waals surface area contributed by atoms with Crippen LogP contribution in [0.25, 0.3) is 0 Å². The van der Waals surface area contributed by atoms with E-state index in [1.165, 1.54) is 0 Å². The van der Waals surface area contributed by atoms with Crippen LogP contribution in [-0.4, -0.2) is 30.2 Å². The van der Waals surface area contributed by atoms with E-state index in [0.717, 1.165) is 32.2 Å². The minimum atomic E-state index is -0.114. The van der Waals surface area contributed by atoms with E-state index < -0.39 is 0 Å².